The van der Waals surface area contributed by atoms with Crippen LogP contribution in [-0.4, -0.2) is 71.2 Å². The molecule has 0 bridgehead atoms. The van der Waals surface area contributed by atoms with Gasteiger partial charge in [-0.05, 0) is 37.6 Å². The van der Waals surface area contributed by atoms with Crippen molar-refractivity contribution in [2.45, 2.75) is 23.8 Å². The molecule has 10 heteroatoms. The summed E-state index contributed by atoms with van der Waals surface area (Å²) in [6, 6.07) is 4.76. The fourth-order valence-corrected chi connectivity index (χ4v) is 4.78. The van der Waals surface area contributed by atoms with E-state index in [1.54, 1.807) is 6.07 Å². The van der Waals surface area contributed by atoms with Crippen LogP contribution in [0.2, 0.25) is 0 Å². The van der Waals surface area contributed by atoms with Gasteiger partial charge in [0.25, 0.3) is 5.91 Å². The van der Waals surface area contributed by atoms with Gasteiger partial charge in [0.05, 0.1) is 20.3 Å². The molecule has 27 heavy (non-hydrogen) atoms. The molecule has 0 aliphatic carbocycles. The van der Waals surface area contributed by atoms with E-state index in [1.165, 1.54) is 23.5 Å². The van der Waals surface area contributed by atoms with Crippen molar-refractivity contribution >= 4 is 28.3 Å². The van der Waals surface area contributed by atoms with Crippen molar-refractivity contribution < 1.29 is 22.7 Å². The Hall–Kier alpha value is -1.39. The molecule has 1 aromatic carbocycles. The van der Waals surface area contributed by atoms with Gasteiger partial charge in [-0.25, -0.2) is 8.42 Å². The molecule has 8 nitrogen and oxygen atoms in total. The van der Waals surface area contributed by atoms with E-state index in [1.807, 2.05) is 0 Å². The Kier molecular flexibility index (Phi) is 7.87. The number of halogens is 1. The zero-order valence-electron chi connectivity index (χ0n) is 15.3. The van der Waals surface area contributed by atoms with Gasteiger partial charge in [-0.3, -0.25) is 4.79 Å². The Balaban J connectivity index is 0.00000261. The van der Waals surface area contributed by atoms with Crippen LogP contribution in [0.15, 0.2) is 23.1 Å². The van der Waals surface area contributed by atoms with Gasteiger partial charge >= 0.3 is 0 Å². The minimum Gasteiger partial charge on any atom is -0.495 e. The SMILES string of the molecule is COc1ccc(C(=O)NCC2CCCN2)cc1S(=O)(=O)N1CCOCC1.Cl. The predicted molar refractivity (Wildman–Crippen MR) is 103 cm³/mol. The normalized spacial score (nSPS) is 20.7. The Morgan fingerprint density at radius 2 is 2.11 bits per heavy atom. The van der Waals surface area contributed by atoms with Crippen LogP contribution in [0.25, 0.3) is 0 Å². The molecule has 0 saturated carbocycles. The summed E-state index contributed by atoms with van der Waals surface area (Å²) in [6.45, 7) is 2.78. The zero-order chi connectivity index (χ0) is 18.6. The maximum Gasteiger partial charge on any atom is 0.251 e. The first-order chi connectivity index (χ1) is 12.5. The number of benzene rings is 1. The second kappa shape index (κ2) is 9.70. The monoisotopic (exact) mass is 419 g/mol. The van der Waals surface area contributed by atoms with E-state index in [4.69, 9.17) is 9.47 Å². The van der Waals surface area contributed by atoms with E-state index in [-0.39, 0.29) is 48.1 Å². The summed E-state index contributed by atoms with van der Waals surface area (Å²) in [6.07, 6.45) is 2.13. The van der Waals surface area contributed by atoms with Crippen molar-refractivity contribution in [2.75, 3.05) is 46.5 Å². The van der Waals surface area contributed by atoms with E-state index in [0.717, 1.165) is 19.4 Å². The third-order valence-electron chi connectivity index (χ3n) is 4.69. The topological polar surface area (TPSA) is 97.0 Å². The van der Waals surface area contributed by atoms with Gasteiger partial charge in [0, 0.05) is 31.2 Å². The van der Waals surface area contributed by atoms with E-state index < -0.39 is 10.0 Å². The van der Waals surface area contributed by atoms with Gasteiger partial charge in [-0.1, -0.05) is 0 Å². The molecule has 1 unspecified atom stereocenters. The van der Waals surface area contributed by atoms with Crippen LogP contribution in [0.5, 0.6) is 5.75 Å². The lowest BCUT2D eigenvalue weighted by Crippen LogP contribution is -2.41. The smallest absolute Gasteiger partial charge is 0.251 e. The maximum absolute atomic E-state index is 13.0. The number of morpholine rings is 1. The van der Waals surface area contributed by atoms with Crippen molar-refractivity contribution in [1.29, 1.82) is 0 Å². The highest BCUT2D eigenvalue weighted by molar-refractivity contribution is 7.89. The maximum atomic E-state index is 13.0. The summed E-state index contributed by atoms with van der Waals surface area (Å²) in [5.41, 5.74) is 0.302. The predicted octanol–water partition coefficient (Wildman–Crippen LogP) is 0.620. The van der Waals surface area contributed by atoms with Crippen molar-refractivity contribution in [1.82, 2.24) is 14.9 Å². The van der Waals surface area contributed by atoms with Crippen LogP contribution in [0.1, 0.15) is 23.2 Å². The number of amides is 1. The summed E-state index contributed by atoms with van der Waals surface area (Å²) < 4.78 is 37.7. The zero-order valence-corrected chi connectivity index (χ0v) is 16.9. The summed E-state index contributed by atoms with van der Waals surface area (Å²) in [5.74, 6) is -0.0646. The van der Waals surface area contributed by atoms with E-state index in [2.05, 4.69) is 10.6 Å². The highest BCUT2D eigenvalue weighted by Crippen LogP contribution is 2.28. The summed E-state index contributed by atoms with van der Waals surface area (Å²) >= 11 is 0. The number of nitrogens with zero attached hydrogens (tertiary/aromatic N) is 1. The quantitative estimate of drug-likeness (QED) is 0.701. The lowest BCUT2D eigenvalue weighted by Gasteiger charge is -2.26. The molecule has 1 atom stereocenters. The Bertz CT molecular complexity index is 747. The highest BCUT2D eigenvalue weighted by Gasteiger charge is 2.30. The lowest BCUT2D eigenvalue weighted by molar-refractivity contribution is 0.0729. The van der Waals surface area contributed by atoms with Crippen molar-refractivity contribution in [3.8, 4) is 5.75 Å². The molecule has 2 fully saturated rings. The van der Waals surface area contributed by atoms with Gasteiger partial charge in [-0.15, -0.1) is 12.4 Å². The van der Waals surface area contributed by atoms with Gasteiger partial charge in [0.15, 0.2) is 0 Å². The number of hydrogen-bond donors (Lipinski definition) is 2. The molecule has 1 amide bonds. The molecular formula is C17H26ClN3O5S. The van der Waals surface area contributed by atoms with E-state index in [9.17, 15) is 13.2 Å². The molecule has 2 heterocycles. The summed E-state index contributed by atoms with van der Waals surface area (Å²) in [4.78, 5) is 12.5. The van der Waals surface area contributed by atoms with E-state index >= 15 is 0 Å². The number of rotatable bonds is 6. The number of carbonyl (C=O) groups is 1. The molecule has 1 aromatic rings. The molecule has 2 N–H and O–H groups in total. The molecule has 152 valence electrons. The van der Waals surface area contributed by atoms with Crippen molar-refractivity contribution in [3.63, 3.8) is 0 Å². The fraction of sp³-hybridized carbons (Fsp3) is 0.588. The third-order valence-corrected chi connectivity index (χ3v) is 6.60. The largest absolute Gasteiger partial charge is 0.495 e. The Morgan fingerprint density at radius 1 is 1.37 bits per heavy atom. The molecule has 2 aliphatic heterocycles. The van der Waals surface area contributed by atoms with Gasteiger partial charge in [0.1, 0.15) is 10.6 Å². The first-order valence-electron chi connectivity index (χ1n) is 8.80. The molecule has 2 aliphatic rings. The number of ether oxygens (including phenoxy) is 2. The molecule has 2 saturated heterocycles. The number of carbonyl (C=O) groups excluding carboxylic acids is 1. The van der Waals surface area contributed by atoms with Gasteiger partial charge in [-0.2, -0.15) is 4.31 Å². The van der Waals surface area contributed by atoms with Crippen molar-refractivity contribution in [3.05, 3.63) is 23.8 Å². The minimum atomic E-state index is -3.76. The minimum absolute atomic E-state index is 0. The highest BCUT2D eigenvalue weighted by atomic mass is 35.5. The van der Waals surface area contributed by atoms with Crippen LogP contribution >= 0.6 is 12.4 Å². The van der Waals surface area contributed by atoms with Gasteiger partial charge in [0.2, 0.25) is 10.0 Å². The van der Waals surface area contributed by atoms with E-state index in [0.29, 0.717) is 25.3 Å². The van der Waals surface area contributed by atoms with Crippen LogP contribution in [0.3, 0.4) is 0 Å². The summed E-state index contributed by atoms with van der Waals surface area (Å²) in [5, 5.41) is 6.18. The van der Waals surface area contributed by atoms with Crippen LogP contribution in [0.4, 0.5) is 0 Å². The van der Waals surface area contributed by atoms with Crippen LogP contribution in [0, 0.1) is 0 Å². The van der Waals surface area contributed by atoms with Crippen molar-refractivity contribution in [2.24, 2.45) is 0 Å². The first kappa shape index (κ1) is 21.9. The molecule has 0 spiro atoms. The number of hydrogen-bond acceptors (Lipinski definition) is 6. The molecule has 0 radical (unpaired) electrons. The lowest BCUT2D eigenvalue weighted by atomic mass is 10.2. The fourth-order valence-electron chi connectivity index (χ4n) is 3.19. The van der Waals surface area contributed by atoms with Gasteiger partial charge < -0.3 is 20.1 Å². The van der Waals surface area contributed by atoms with Crippen LogP contribution < -0.4 is 15.4 Å². The Labute approximate surface area is 166 Å². The summed E-state index contributed by atoms with van der Waals surface area (Å²) in [7, 11) is -2.34. The second-order valence-corrected chi connectivity index (χ2v) is 8.29. The van der Waals surface area contributed by atoms with Crippen LogP contribution in [-0.2, 0) is 14.8 Å². The standard InChI is InChI=1S/C17H25N3O5S.ClH/c1-24-15-5-4-13(17(21)19-12-14-3-2-6-18-14)11-16(15)26(22,23)20-7-9-25-10-8-20;/h4-5,11,14,18H,2-3,6-10,12H2,1H3,(H,19,21);1H. The molecule has 3 rings (SSSR count). The third kappa shape index (κ3) is 5.11. The second-order valence-electron chi connectivity index (χ2n) is 6.39. The average Bonchev–Trinajstić information content (AvgIpc) is 3.20. The Morgan fingerprint density at radius 3 is 2.74 bits per heavy atom. The molecule has 0 aromatic heterocycles. The molecular weight excluding hydrogens is 394 g/mol. The number of nitrogens with one attached hydrogen (secondary N) is 2. The number of methoxy groups -OCH3 is 1. The number of sulfonamides is 1. The average molecular weight is 420 g/mol. The first-order valence-corrected chi connectivity index (χ1v) is 10.2.